The lowest BCUT2D eigenvalue weighted by atomic mass is 9.75. The van der Waals surface area contributed by atoms with E-state index in [1.165, 1.54) is 4.90 Å². The number of nitrogens with one attached hydrogen (secondary N) is 1. The van der Waals surface area contributed by atoms with Crippen LogP contribution in [-0.2, 0) is 4.79 Å². The van der Waals surface area contributed by atoms with Crippen molar-refractivity contribution >= 4 is 17.3 Å². The molecular formula is C14H15F3N2O3. The number of alkyl halides is 3. The highest BCUT2D eigenvalue weighted by molar-refractivity contribution is 6.01. The van der Waals surface area contributed by atoms with Crippen molar-refractivity contribution in [3.05, 3.63) is 18.2 Å². The minimum absolute atomic E-state index is 0.0653. The van der Waals surface area contributed by atoms with Crippen LogP contribution in [0.25, 0.3) is 0 Å². The third kappa shape index (κ3) is 2.27. The van der Waals surface area contributed by atoms with Crippen molar-refractivity contribution in [3.63, 3.8) is 0 Å². The molecule has 1 fully saturated rings. The van der Waals surface area contributed by atoms with Crippen molar-refractivity contribution in [2.45, 2.75) is 30.7 Å². The molecule has 0 radical (unpaired) electrons. The molecule has 1 heterocycles. The summed E-state index contributed by atoms with van der Waals surface area (Å²) in [6, 6.07) is 4.54. The fraction of sp³-hybridized carbons (Fsp3) is 0.500. The zero-order valence-electron chi connectivity index (χ0n) is 11.8. The third-order valence-corrected chi connectivity index (χ3v) is 4.12. The van der Waals surface area contributed by atoms with Gasteiger partial charge in [0, 0.05) is 25.9 Å². The minimum Gasteiger partial charge on any atom is -0.481 e. The molecule has 8 heteroatoms. The summed E-state index contributed by atoms with van der Waals surface area (Å²) in [5.41, 5.74) is -1.61. The van der Waals surface area contributed by atoms with E-state index in [1.807, 2.05) is 0 Å². The molecule has 0 atom stereocenters. The summed E-state index contributed by atoms with van der Waals surface area (Å²) < 4.78 is 43.2. The van der Waals surface area contributed by atoms with Crippen LogP contribution in [0.1, 0.15) is 12.8 Å². The van der Waals surface area contributed by atoms with Crippen LogP contribution in [0.15, 0.2) is 18.2 Å². The van der Waals surface area contributed by atoms with Crippen LogP contribution < -0.4 is 15.0 Å². The van der Waals surface area contributed by atoms with E-state index >= 15 is 0 Å². The van der Waals surface area contributed by atoms with Crippen LogP contribution in [0, 0.1) is 0 Å². The highest BCUT2D eigenvalue weighted by Gasteiger charge is 2.61. The lowest BCUT2D eigenvalue weighted by Crippen LogP contribution is -2.59. The molecule has 120 valence electrons. The number of halogens is 3. The number of carbonyl (C=O) groups excluding carboxylic acids is 1. The van der Waals surface area contributed by atoms with Crippen molar-refractivity contribution in [2.75, 3.05) is 23.9 Å². The van der Waals surface area contributed by atoms with E-state index in [4.69, 9.17) is 4.74 Å². The molecule has 0 unspecified atom stereocenters. The number of hydrogen-bond acceptors (Lipinski definition) is 4. The molecule has 1 aromatic carbocycles. The Bertz CT molecular complexity index is 612. The van der Waals surface area contributed by atoms with Gasteiger partial charge in [-0.15, -0.1) is 0 Å². The number of benzene rings is 1. The summed E-state index contributed by atoms with van der Waals surface area (Å²) >= 11 is 0. The maximum atomic E-state index is 12.6. The second-order valence-corrected chi connectivity index (χ2v) is 5.67. The summed E-state index contributed by atoms with van der Waals surface area (Å²) in [5, 5.41) is 12.4. The molecule has 5 nitrogen and oxygen atoms in total. The molecule has 1 amide bonds. The maximum absolute atomic E-state index is 12.6. The van der Waals surface area contributed by atoms with Crippen LogP contribution in [0.5, 0.6) is 5.75 Å². The number of fused-ring (bicyclic) bond motifs is 1. The van der Waals surface area contributed by atoms with Gasteiger partial charge in [-0.1, -0.05) is 6.07 Å². The molecule has 0 bridgehead atoms. The van der Waals surface area contributed by atoms with E-state index in [0.29, 0.717) is 17.1 Å². The number of likely N-dealkylation sites (N-methyl/N-ethyl adjacent to an activating group) is 1. The fourth-order valence-corrected chi connectivity index (χ4v) is 2.77. The molecular weight excluding hydrogens is 301 g/mol. The number of carbonyl (C=O) groups is 1. The summed E-state index contributed by atoms with van der Waals surface area (Å²) in [6.07, 6.45) is -5.46. The van der Waals surface area contributed by atoms with Crippen molar-refractivity contribution in [1.82, 2.24) is 0 Å². The number of amides is 1. The van der Waals surface area contributed by atoms with Gasteiger partial charge >= 0.3 is 6.18 Å². The zero-order chi connectivity index (χ0) is 16.1. The lowest BCUT2D eigenvalue weighted by Gasteiger charge is -2.45. The lowest BCUT2D eigenvalue weighted by molar-refractivity contribution is -0.288. The Hall–Kier alpha value is -1.96. The summed E-state index contributed by atoms with van der Waals surface area (Å²) in [7, 11) is 1.59. The number of aliphatic hydroxyl groups is 1. The van der Waals surface area contributed by atoms with Gasteiger partial charge in [-0.3, -0.25) is 4.79 Å². The molecule has 1 saturated carbocycles. The number of nitrogens with zero attached hydrogens (tertiary/aromatic N) is 1. The topological polar surface area (TPSA) is 61.8 Å². The molecule has 0 saturated heterocycles. The first kappa shape index (κ1) is 15.0. The van der Waals surface area contributed by atoms with Crippen LogP contribution >= 0.6 is 0 Å². The Morgan fingerprint density at radius 1 is 1.41 bits per heavy atom. The number of anilines is 2. The van der Waals surface area contributed by atoms with E-state index in [1.54, 1.807) is 25.2 Å². The van der Waals surface area contributed by atoms with Crippen molar-refractivity contribution in [3.8, 4) is 5.75 Å². The van der Waals surface area contributed by atoms with Crippen LogP contribution in [-0.4, -0.2) is 42.5 Å². The Kier molecular flexibility index (Phi) is 3.24. The first-order chi connectivity index (χ1) is 10.2. The van der Waals surface area contributed by atoms with Gasteiger partial charge in [-0.25, -0.2) is 0 Å². The van der Waals surface area contributed by atoms with Crippen molar-refractivity contribution in [2.24, 2.45) is 0 Å². The summed E-state index contributed by atoms with van der Waals surface area (Å²) in [5.74, 6) is 0.264. The van der Waals surface area contributed by atoms with Gasteiger partial charge in [0.15, 0.2) is 12.2 Å². The van der Waals surface area contributed by atoms with Crippen LogP contribution in [0.2, 0.25) is 0 Å². The molecule has 2 aliphatic rings. The standard InChI is InChI=1S/C14H15F3N2O3/c1-19-11(20)7-22-10-4-2-3-9(12(10)19)18-8-5-13(21,6-8)14(15,16)17/h2-4,8,18,21H,5-7H2,1H3. The zero-order valence-corrected chi connectivity index (χ0v) is 11.8. The molecule has 0 aromatic heterocycles. The molecule has 1 aromatic rings. The summed E-state index contributed by atoms with van der Waals surface area (Å²) in [6.45, 7) is -0.0653. The predicted octanol–water partition coefficient (Wildman–Crippen LogP) is 1.91. The molecule has 0 spiro atoms. The Balaban J connectivity index is 1.77. The number of para-hydroxylation sites is 1. The predicted molar refractivity (Wildman–Crippen MR) is 73.0 cm³/mol. The van der Waals surface area contributed by atoms with E-state index < -0.39 is 30.7 Å². The van der Waals surface area contributed by atoms with E-state index in [0.717, 1.165) is 0 Å². The maximum Gasteiger partial charge on any atom is 0.417 e. The number of ether oxygens (including phenoxy) is 1. The summed E-state index contributed by atoms with van der Waals surface area (Å²) in [4.78, 5) is 13.1. The van der Waals surface area contributed by atoms with E-state index in [-0.39, 0.29) is 12.5 Å². The van der Waals surface area contributed by atoms with Gasteiger partial charge in [-0.05, 0) is 12.1 Å². The highest BCUT2D eigenvalue weighted by Crippen LogP contribution is 2.47. The van der Waals surface area contributed by atoms with Crippen molar-refractivity contribution in [1.29, 1.82) is 0 Å². The van der Waals surface area contributed by atoms with E-state index in [9.17, 15) is 23.1 Å². The Labute approximate surface area is 124 Å². The number of rotatable bonds is 2. The normalized spacial score (nSPS) is 27.8. The second kappa shape index (κ2) is 4.77. The van der Waals surface area contributed by atoms with Crippen LogP contribution in [0.4, 0.5) is 24.5 Å². The monoisotopic (exact) mass is 316 g/mol. The third-order valence-electron chi connectivity index (χ3n) is 4.12. The molecule has 2 N–H and O–H groups in total. The largest absolute Gasteiger partial charge is 0.481 e. The SMILES string of the molecule is CN1C(=O)COc2cccc(NC3CC(O)(C(F)(F)F)C3)c21. The fourth-order valence-electron chi connectivity index (χ4n) is 2.77. The Morgan fingerprint density at radius 3 is 2.73 bits per heavy atom. The van der Waals surface area contributed by atoms with Gasteiger partial charge in [-0.2, -0.15) is 13.2 Å². The average molecular weight is 316 g/mol. The van der Waals surface area contributed by atoms with Crippen molar-refractivity contribution < 1.29 is 27.8 Å². The minimum atomic E-state index is -4.63. The first-order valence-corrected chi connectivity index (χ1v) is 6.79. The average Bonchev–Trinajstić information content (AvgIpc) is 2.40. The van der Waals surface area contributed by atoms with Gasteiger partial charge in [0.05, 0.1) is 5.69 Å². The second-order valence-electron chi connectivity index (χ2n) is 5.67. The van der Waals surface area contributed by atoms with Crippen LogP contribution in [0.3, 0.4) is 0 Å². The molecule has 1 aliphatic heterocycles. The van der Waals surface area contributed by atoms with E-state index in [2.05, 4.69) is 5.32 Å². The van der Waals surface area contributed by atoms with Gasteiger partial charge in [0.2, 0.25) is 0 Å². The molecule has 22 heavy (non-hydrogen) atoms. The van der Waals surface area contributed by atoms with Gasteiger partial charge < -0.3 is 20.1 Å². The Morgan fingerprint density at radius 2 is 2.09 bits per heavy atom. The smallest absolute Gasteiger partial charge is 0.417 e. The first-order valence-electron chi connectivity index (χ1n) is 6.79. The van der Waals surface area contributed by atoms with Gasteiger partial charge in [0.1, 0.15) is 11.4 Å². The molecule has 3 rings (SSSR count). The highest BCUT2D eigenvalue weighted by atomic mass is 19.4. The number of hydrogen-bond donors (Lipinski definition) is 2. The van der Waals surface area contributed by atoms with Gasteiger partial charge in [0.25, 0.3) is 5.91 Å². The quantitative estimate of drug-likeness (QED) is 0.875. The molecule has 1 aliphatic carbocycles.